The Balaban J connectivity index is 0. The van der Waals surface area contributed by atoms with E-state index in [4.69, 9.17) is 5.73 Å². The first-order valence-corrected chi connectivity index (χ1v) is 5.54. The predicted molar refractivity (Wildman–Crippen MR) is 69.9 cm³/mol. The maximum atomic E-state index is 10.6. The number of hydrogen-bond acceptors (Lipinski definition) is 4. The SMILES string of the molecule is CC(=O)N(C)CC(N)=O.CNC(=O)CN(C)C(C)=O. The second kappa shape index (κ2) is 9.86. The number of primary amides is 1. The highest BCUT2D eigenvalue weighted by Crippen LogP contribution is 1.81. The van der Waals surface area contributed by atoms with E-state index in [9.17, 15) is 19.2 Å². The Kier molecular flexibility index (Phi) is 9.98. The first-order chi connectivity index (χ1) is 8.61. The molecule has 4 amide bonds. The van der Waals surface area contributed by atoms with Crippen molar-refractivity contribution in [2.75, 3.05) is 34.2 Å². The molecule has 0 heterocycles. The predicted octanol–water partition coefficient (Wildman–Crippen LogP) is -1.84. The number of amides is 4. The summed E-state index contributed by atoms with van der Waals surface area (Å²) < 4.78 is 0. The molecule has 0 fully saturated rings. The van der Waals surface area contributed by atoms with Gasteiger partial charge in [0.25, 0.3) is 0 Å². The summed E-state index contributed by atoms with van der Waals surface area (Å²) in [6.07, 6.45) is 0. The Morgan fingerprint density at radius 2 is 1.32 bits per heavy atom. The summed E-state index contributed by atoms with van der Waals surface area (Å²) in [5.41, 5.74) is 4.80. The highest BCUT2D eigenvalue weighted by Gasteiger charge is 2.05. The highest BCUT2D eigenvalue weighted by molar-refractivity contribution is 5.83. The van der Waals surface area contributed by atoms with Crippen LogP contribution in [0.1, 0.15) is 13.8 Å². The summed E-state index contributed by atoms with van der Waals surface area (Å²) in [6.45, 7) is 2.92. The Labute approximate surface area is 112 Å². The van der Waals surface area contributed by atoms with Crippen LogP contribution in [0.2, 0.25) is 0 Å². The van der Waals surface area contributed by atoms with Gasteiger partial charge in [0.15, 0.2) is 0 Å². The van der Waals surface area contributed by atoms with Crippen LogP contribution in [0.15, 0.2) is 0 Å². The minimum absolute atomic E-state index is 0.00463. The van der Waals surface area contributed by atoms with E-state index in [-0.39, 0.29) is 30.8 Å². The van der Waals surface area contributed by atoms with Gasteiger partial charge in [-0.05, 0) is 0 Å². The molecule has 0 unspecified atom stereocenters. The molecule has 0 saturated heterocycles. The topological polar surface area (TPSA) is 113 Å². The number of nitrogens with two attached hydrogens (primary N) is 1. The molecule has 3 N–H and O–H groups in total. The van der Waals surface area contributed by atoms with Gasteiger partial charge in [-0.3, -0.25) is 19.2 Å². The molecule has 0 spiro atoms. The van der Waals surface area contributed by atoms with Gasteiger partial charge in [-0.15, -0.1) is 0 Å². The number of rotatable bonds is 4. The summed E-state index contributed by atoms with van der Waals surface area (Å²) in [6, 6.07) is 0. The van der Waals surface area contributed by atoms with E-state index in [2.05, 4.69) is 5.32 Å². The number of nitrogens with one attached hydrogen (secondary N) is 1. The van der Waals surface area contributed by atoms with Gasteiger partial charge in [0.2, 0.25) is 23.6 Å². The van der Waals surface area contributed by atoms with Crippen LogP contribution in [0.3, 0.4) is 0 Å². The third kappa shape index (κ3) is 12.1. The number of carbonyl (C=O) groups is 4. The van der Waals surface area contributed by atoms with Crippen molar-refractivity contribution in [1.82, 2.24) is 15.1 Å². The zero-order valence-corrected chi connectivity index (χ0v) is 12.0. The molecule has 19 heavy (non-hydrogen) atoms. The Hall–Kier alpha value is -2.12. The fourth-order valence-electron chi connectivity index (χ4n) is 0.751. The lowest BCUT2D eigenvalue weighted by atomic mass is 10.5. The molecular weight excluding hydrogens is 252 g/mol. The number of nitrogens with zero attached hydrogens (tertiary/aromatic N) is 2. The average molecular weight is 274 g/mol. The van der Waals surface area contributed by atoms with Gasteiger partial charge in [0.05, 0.1) is 13.1 Å². The summed E-state index contributed by atoms with van der Waals surface area (Å²) in [4.78, 5) is 44.3. The molecule has 0 radical (unpaired) electrons. The monoisotopic (exact) mass is 274 g/mol. The minimum atomic E-state index is -0.493. The molecule has 0 aromatic heterocycles. The summed E-state index contributed by atoms with van der Waals surface area (Å²) in [7, 11) is 4.64. The van der Waals surface area contributed by atoms with E-state index in [1.165, 1.54) is 37.7 Å². The highest BCUT2D eigenvalue weighted by atomic mass is 16.2. The first kappa shape index (κ1) is 19.2. The fourth-order valence-corrected chi connectivity index (χ4v) is 0.751. The Bertz CT molecular complexity index is 344. The fraction of sp³-hybridized carbons (Fsp3) is 0.636. The Morgan fingerprint density at radius 3 is 1.53 bits per heavy atom. The van der Waals surface area contributed by atoms with Crippen molar-refractivity contribution in [1.29, 1.82) is 0 Å². The van der Waals surface area contributed by atoms with Crippen molar-refractivity contribution in [3.05, 3.63) is 0 Å². The summed E-state index contributed by atoms with van der Waals surface area (Å²) >= 11 is 0. The maximum absolute atomic E-state index is 10.6. The molecule has 0 atom stereocenters. The van der Waals surface area contributed by atoms with Crippen LogP contribution in [-0.2, 0) is 19.2 Å². The Morgan fingerprint density at radius 1 is 0.947 bits per heavy atom. The molecule has 110 valence electrons. The zero-order valence-electron chi connectivity index (χ0n) is 12.0. The van der Waals surface area contributed by atoms with Crippen LogP contribution in [0.4, 0.5) is 0 Å². The molecule has 0 aliphatic carbocycles. The summed E-state index contributed by atoms with van der Waals surface area (Å²) in [5.74, 6) is -0.914. The van der Waals surface area contributed by atoms with Gasteiger partial charge < -0.3 is 20.9 Å². The molecule has 8 nitrogen and oxygen atoms in total. The number of likely N-dealkylation sites (N-methyl/N-ethyl adjacent to an activating group) is 3. The molecule has 8 heteroatoms. The molecule has 0 rings (SSSR count). The third-order valence-corrected chi connectivity index (χ3v) is 2.13. The van der Waals surface area contributed by atoms with Gasteiger partial charge in [0.1, 0.15) is 0 Å². The molecule has 0 aliphatic rings. The van der Waals surface area contributed by atoms with Crippen molar-refractivity contribution >= 4 is 23.6 Å². The van der Waals surface area contributed by atoms with Crippen molar-refractivity contribution in [3.8, 4) is 0 Å². The quantitative estimate of drug-likeness (QED) is 0.627. The maximum Gasteiger partial charge on any atom is 0.239 e. The van der Waals surface area contributed by atoms with Gasteiger partial charge in [0, 0.05) is 35.0 Å². The van der Waals surface area contributed by atoms with Gasteiger partial charge >= 0.3 is 0 Å². The van der Waals surface area contributed by atoms with Crippen LogP contribution >= 0.6 is 0 Å². The van der Waals surface area contributed by atoms with Gasteiger partial charge in [-0.1, -0.05) is 0 Å². The standard InChI is InChI=1S/C6H12N2O2.C5H10N2O2/c1-5(9)8(3)4-6(10)7-2;1-4(8)7(2)3-5(6)9/h4H2,1-3H3,(H,7,10);3H2,1-2H3,(H2,6,9). The van der Waals surface area contributed by atoms with Crippen LogP contribution in [0, 0.1) is 0 Å². The normalized spacial score (nSPS) is 8.68. The van der Waals surface area contributed by atoms with Crippen LogP contribution in [-0.4, -0.2) is 67.7 Å². The first-order valence-electron chi connectivity index (χ1n) is 5.54. The van der Waals surface area contributed by atoms with E-state index in [0.717, 1.165) is 0 Å². The molecule has 0 aromatic carbocycles. The van der Waals surface area contributed by atoms with Crippen molar-refractivity contribution in [2.45, 2.75) is 13.8 Å². The van der Waals surface area contributed by atoms with Crippen molar-refractivity contribution in [2.24, 2.45) is 5.73 Å². The lowest BCUT2D eigenvalue weighted by Crippen LogP contribution is -2.35. The minimum Gasteiger partial charge on any atom is -0.368 e. The molecular formula is C11H22N4O4. The van der Waals surface area contributed by atoms with Crippen LogP contribution in [0.5, 0.6) is 0 Å². The van der Waals surface area contributed by atoms with Crippen molar-refractivity contribution < 1.29 is 19.2 Å². The average Bonchev–Trinajstić information content (AvgIpc) is 2.28. The second-order valence-corrected chi connectivity index (χ2v) is 3.89. The molecule has 0 aromatic rings. The lowest BCUT2D eigenvalue weighted by molar-refractivity contribution is -0.132. The van der Waals surface area contributed by atoms with E-state index in [1.807, 2.05) is 0 Å². The smallest absolute Gasteiger partial charge is 0.239 e. The largest absolute Gasteiger partial charge is 0.368 e. The van der Waals surface area contributed by atoms with Crippen LogP contribution in [0.25, 0.3) is 0 Å². The van der Waals surface area contributed by atoms with E-state index >= 15 is 0 Å². The zero-order chi connectivity index (χ0) is 15.6. The van der Waals surface area contributed by atoms with Crippen molar-refractivity contribution in [3.63, 3.8) is 0 Å². The molecule has 0 bridgehead atoms. The van der Waals surface area contributed by atoms with Gasteiger partial charge in [-0.2, -0.15) is 0 Å². The van der Waals surface area contributed by atoms with Crippen LogP contribution < -0.4 is 11.1 Å². The molecule has 0 aliphatic heterocycles. The van der Waals surface area contributed by atoms with E-state index in [0.29, 0.717) is 0 Å². The lowest BCUT2D eigenvalue weighted by Gasteiger charge is -2.12. The second-order valence-electron chi connectivity index (χ2n) is 3.89. The number of hydrogen-bond donors (Lipinski definition) is 2. The third-order valence-electron chi connectivity index (χ3n) is 2.13. The van der Waals surface area contributed by atoms with E-state index in [1.54, 1.807) is 7.05 Å². The summed E-state index contributed by atoms with van der Waals surface area (Å²) in [5, 5.41) is 2.42. The van der Waals surface area contributed by atoms with E-state index < -0.39 is 5.91 Å². The number of carbonyl (C=O) groups excluding carboxylic acids is 4. The van der Waals surface area contributed by atoms with Gasteiger partial charge in [-0.25, -0.2) is 0 Å². The molecule has 0 saturated carbocycles.